The lowest BCUT2D eigenvalue weighted by Gasteiger charge is -2.21. The Morgan fingerprint density at radius 3 is 2.96 bits per heavy atom. The van der Waals surface area contributed by atoms with E-state index < -0.39 is 0 Å². The number of benzene rings is 1. The van der Waals surface area contributed by atoms with E-state index in [0.29, 0.717) is 6.42 Å². The van der Waals surface area contributed by atoms with E-state index in [1.54, 1.807) is 0 Å². The highest BCUT2D eigenvalue weighted by atomic mass is 16.2. The number of hydrogen-bond donors (Lipinski definition) is 1. The summed E-state index contributed by atoms with van der Waals surface area (Å²) in [4.78, 5) is 18.4. The number of carbonyl (C=O) groups excluding carboxylic acids is 1. The number of aryl methyl sites for hydroxylation is 1. The summed E-state index contributed by atoms with van der Waals surface area (Å²) in [5.41, 5.74) is 3.51. The van der Waals surface area contributed by atoms with Gasteiger partial charge >= 0.3 is 0 Å². The Morgan fingerprint density at radius 2 is 2.12 bits per heavy atom. The van der Waals surface area contributed by atoms with Gasteiger partial charge in [-0.2, -0.15) is 0 Å². The van der Waals surface area contributed by atoms with Crippen LogP contribution in [0.3, 0.4) is 0 Å². The number of carbonyl (C=O) groups is 1. The molecule has 1 fully saturated rings. The van der Waals surface area contributed by atoms with Gasteiger partial charge in [0, 0.05) is 50.4 Å². The van der Waals surface area contributed by atoms with E-state index >= 15 is 0 Å². The zero-order valence-electron chi connectivity index (χ0n) is 14.9. The highest BCUT2D eigenvalue weighted by Crippen LogP contribution is 2.25. The molecule has 1 aromatic carbocycles. The molecule has 5 heteroatoms. The van der Waals surface area contributed by atoms with Crippen LogP contribution >= 0.6 is 0 Å². The maximum atomic E-state index is 12.0. The molecule has 1 saturated heterocycles. The van der Waals surface area contributed by atoms with Crippen LogP contribution in [-0.4, -0.2) is 22.0 Å². The van der Waals surface area contributed by atoms with Crippen LogP contribution in [0.4, 0.5) is 5.69 Å². The highest BCUT2D eigenvalue weighted by molar-refractivity contribution is 5.95. The molecule has 2 aliphatic heterocycles. The van der Waals surface area contributed by atoms with Crippen LogP contribution < -0.4 is 10.2 Å². The monoisotopic (exact) mass is 338 g/mol. The maximum absolute atomic E-state index is 12.0. The molecule has 3 heterocycles. The molecule has 1 amide bonds. The molecule has 4 rings (SSSR count). The van der Waals surface area contributed by atoms with Crippen LogP contribution in [0.2, 0.25) is 0 Å². The highest BCUT2D eigenvalue weighted by Gasteiger charge is 2.22. The average molecular weight is 338 g/mol. The third kappa shape index (κ3) is 3.33. The summed E-state index contributed by atoms with van der Waals surface area (Å²) in [6.07, 6.45) is 7.24. The molecule has 0 saturated carbocycles. The second kappa shape index (κ2) is 7.00. The first-order valence-corrected chi connectivity index (χ1v) is 9.39. The zero-order chi connectivity index (χ0) is 17.2. The van der Waals surface area contributed by atoms with Crippen LogP contribution in [0.25, 0.3) is 0 Å². The summed E-state index contributed by atoms with van der Waals surface area (Å²) in [5.74, 6) is 1.47. The number of amides is 1. The lowest BCUT2D eigenvalue weighted by atomic mass is 10.1. The van der Waals surface area contributed by atoms with Gasteiger partial charge in [0.2, 0.25) is 5.91 Å². The summed E-state index contributed by atoms with van der Waals surface area (Å²) in [5, 5.41) is 3.62. The van der Waals surface area contributed by atoms with Gasteiger partial charge in [0.25, 0.3) is 0 Å². The Morgan fingerprint density at radius 1 is 1.20 bits per heavy atom. The second-order valence-corrected chi connectivity index (χ2v) is 7.12. The fourth-order valence-electron chi connectivity index (χ4n) is 3.88. The molecule has 0 radical (unpaired) electrons. The van der Waals surface area contributed by atoms with Crippen molar-refractivity contribution in [1.29, 1.82) is 0 Å². The molecule has 1 atom stereocenters. The number of imidazole rings is 1. The van der Waals surface area contributed by atoms with Crippen molar-refractivity contribution >= 4 is 11.6 Å². The summed E-state index contributed by atoms with van der Waals surface area (Å²) in [6.45, 7) is 4.93. The molecule has 0 spiro atoms. The predicted molar refractivity (Wildman–Crippen MR) is 98.4 cm³/mol. The zero-order valence-corrected chi connectivity index (χ0v) is 14.9. The second-order valence-electron chi connectivity index (χ2n) is 7.12. The first kappa shape index (κ1) is 16.3. The van der Waals surface area contributed by atoms with Crippen molar-refractivity contribution in [2.24, 2.45) is 0 Å². The van der Waals surface area contributed by atoms with Crippen molar-refractivity contribution in [2.45, 2.75) is 58.2 Å². The molecule has 25 heavy (non-hydrogen) atoms. The van der Waals surface area contributed by atoms with Crippen LogP contribution in [0.1, 0.15) is 55.7 Å². The molecule has 5 nitrogen and oxygen atoms in total. The number of rotatable bonds is 5. The fraction of sp³-hybridized carbons (Fsp3) is 0.500. The van der Waals surface area contributed by atoms with Crippen molar-refractivity contribution in [1.82, 2.24) is 14.9 Å². The van der Waals surface area contributed by atoms with Gasteiger partial charge in [-0.05, 0) is 43.9 Å². The standard InChI is InChI=1S/C20H26N4O/c1-15(21-13-18-14-22-19-8-2-3-10-23(18)19)16-6-4-7-17(12-16)24-11-5-9-20(24)25/h4,6-7,12,14-15,21H,2-3,5,8-11,13H2,1H3. The number of fused-ring (bicyclic) bond motifs is 1. The van der Waals surface area contributed by atoms with Gasteiger partial charge in [-0.15, -0.1) is 0 Å². The molecule has 1 unspecified atom stereocenters. The summed E-state index contributed by atoms with van der Waals surface area (Å²) < 4.78 is 2.36. The Hall–Kier alpha value is -2.14. The molecular weight excluding hydrogens is 312 g/mol. The third-order valence-electron chi connectivity index (χ3n) is 5.40. The van der Waals surface area contributed by atoms with Crippen molar-refractivity contribution in [3.8, 4) is 0 Å². The third-order valence-corrected chi connectivity index (χ3v) is 5.40. The van der Waals surface area contributed by atoms with E-state index in [1.165, 1.54) is 29.9 Å². The lowest BCUT2D eigenvalue weighted by molar-refractivity contribution is -0.117. The summed E-state index contributed by atoms with van der Waals surface area (Å²) in [6, 6.07) is 8.59. The van der Waals surface area contributed by atoms with Gasteiger partial charge in [0.05, 0.1) is 5.69 Å². The van der Waals surface area contributed by atoms with Gasteiger partial charge < -0.3 is 14.8 Å². The van der Waals surface area contributed by atoms with E-state index in [1.807, 2.05) is 17.2 Å². The molecule has 132 valence electrons. The fourth-order valence-corrected chi connectivity index (χ4v) is 3.88. The van der Waals surface area contributed by atoms with Crippen LogP contribution in [-0.2, 0) is 24.3 Å². The predicted octanol–water partition coefficient (Wildman–Crippen LogP) is 3.20. The van der Waals surface area contributed by atoms with Crippen molar-refractivity contribution in [2.75, 3.05) is 11.4 Å². The minimum Gasteiger partial charge on any atom is -0.331 e. The maximum Gasteiger partial charge on any atom is 0.227 e. The summed E-state index contributed by atoms with van der Waals surface area (Å²) in [7, 11) is 0. The number of nitrogens with one attached hydrogen (secondary N) is 1. The van der Waals surface area contributed by atoms with Crippen LogP contribution in [0.15, 0.2) is 30.5 Å². The van der Waals surface area contributed by atoms with Crippen molar-refractivity contribution in [3.63, 3.8) is 0 Å². The number of hydrogen-bond acceptors (Lipinski definition) is 3. The van der Waals surface area contributed by atoms with Crippen LogP contribution in [0.5, 0.6) is 0 Å². The first-order chi connectivity index (χ1) is 12.2. The normalized spacial score (nSPS) is 18.4. The molecule has 1 aromatic heterocycles. The van der Waals surface area contributed by atoms with Crippen molar-refractivity contribution < 1.29 is 4.79 Å². The van der Waals surface area contributed by atoms with E-state index in [0.717, 1.165) is 38.2 Å². The SMILES string of the molecule is CC(NCc1cnc2n1CCCC2)c1cccc(N2CCCC2=O)c1. The van der Waals surface area contributed by atoms with E-state index in [9.17, 15) is 4.79 Å². The van der Waals surface area contributed by atoms with Gasteiger partial charge in [-0.1, -0.05) is 12.1 Å². The molecule has 2 aliphatic rings. The molecule has 0 bridgehead atoms. The minimum atomic E-state index is 0.229. The van der Waals surface area contributed by atoms with Gasteiger partial charge in [-0.25, -0.2) is 4.98 Å². The molecule has 2 aromatic rings. The van der Waals surface area contributed by atoms with Gasteiger partial charge in [-0.3, -0.25) is 4.79 Å². The quantitative estimate of drug-likeness (QED) is 0.911. The minimum absolute atomic E-state index is 0.229. The Bertz CT molecular complexity index is 767. The average Bonchev–Trinajstić information content (AvgIpc) is 3.26. The smallest absolute Gasteiger partial charge is 0.227 e. The van der Waals surface area contributed by atoms with Gasteiger partial charge in [0.15, 0.2) is 0 Å². The van der Waals surface area contributed by atoms with Crippen molar-refractivity contribution in [3.05, 3.63) is 47.5 Å². The topological polar surface area (TPSA) is 50.2 Å². The summed E-state index contributed by atoms with van der Waals surface area (Å²) >= 11 is 0. The Labute approximate surface area is 149 Å². The molecular formula is C20H26N4O. The Balaban J connectivity index is 1.43. The van der Waals surface area contributed by atoms with Gasteiger partial charge in [0.1, 0.15) is 5.82 Å². The largest absolute Gasteiger partial charge is 0.331 e. The lowest BCUT2D eigenvalue weighted by Crippen LogP contribution is -2.25. The number of aromatic nitrogens is 2. The first-order valence-electron chi connectivity index (χ1n) is 9.39. The molecule has 0 aliphatic carbocycles. The van der Waals surface area contributed by atoms with E-state index in [-0.39, 0.29) is 11.9 Å². The van der Waals surface area contributed by atoms with E-state index in [4.69, 9.17) is 0 Å². The Kier molecular flexibility index (Phi) is 4.57. The number of anilines is 1. The molecule has 1 N–H and O–H groups in total. The van der Waals surface area contributed by atoms with Crippen LogP contribution in [0, 0.1) is 0 Å². The van der Waals surface area contributed by atoms with E-state index in [2.05, 4.69) is 40.0 Å². The number of nitrogens with zero attached hydrogens (tertiary/aromatic N) is 3.